The van der Waals surface area contributed by atoms with E-state index < -0.39 is 0 Å². The summed E-state index contributed by atoms with van der Waals surface area (Å²) in [4.78, 5) is 42.2. The Labute approximate surface area is 224 Å². The van der Waals surface area contributed by atoms with E-state index in [0.717, 1.165) is 36.8 Å². The number of halogens is 1. The van der Waals surface area contributed by atoms with Crippen molar-refractivity contribution in [2.75, 3.05) is 26.8 Å². The molecule has 0 spiro atoms. The number of aryl methyl sites for hydroxylation is 1. The molecule has 1 N–H and O–H groups in total. The molecule has 0 atom stereocenters. The standard InChI is InChI=1S/C30H38FN3O4/c1-21-4-3-5-22(18-21)19-34(30(37)24-6-8-25(31)9-7-24)27-12-10-26(11-13-27)32-29(36)23-14-16-33(17-15-23)28(35)20-38-2/h3-9,18,23,26-27H,10-17,19-20H2,1-2H3,(H,32,36). The van der Waals surface area contributed by atoms with Gasteiger partial charge in [0.1, 0.15) is 12.4 Å². The van der Waals surface area contributed by atoms with Crippen LogP contribution in [0.25, 0.3) is 0 Å². The zero-order valence-corrected chi connectivity index (χ0v) is 22.3. The van der Waals surface area contributed by atoms with Crippen LogP contribution in [0.1, 0.15) is 60.0 Å². The molecular formula is C30H38FN3O4. The van der Waals surface area contributed by atoms with Crippen molar-refractivity contribution < 1.29 is 23.5 Å². The third kappa shape index (κ3) is 7.19. The Balaban J connectivity index is 1.34. The van der Waals surface area contributed by atoms with Crippen LogP contribution in [0.5, 0.6) is 0 Å². The van der Waals surface area contributed by atoms with Crippen LogP contribution in [0, 0.1) is 18.7 Å². The zero-order chi connectivity index (χ0) is 27.1. The Hall–Kier alpha value is -3.26. The van der Waals surface area contributed by atoms with Crippen LogP contribution in [0.4, 0.5) is 4.39 Å². The minimum atomic E-state index is -0.365. The molecule has 38 heavy (non-hydrogen) atoms. The number of ether oxygens (including phenoxy) is 1. The predicted octanol–water partition coefficient (Wildman–Crippen LogP) is 4.09. The van der Waals surface area contributed by atoms with E-state index in [1.165, 1.54) is 19.2 Å². The fourth-order valence-corrected chi connectivity index (χ4v) is 5.59. The van der Waals surface area contributed by atoms with E-state index in [4.69, 9.17) is 4.74 Å². The van der Waals surface area contributed by atoms with E-state index in [1.54, 1.807) is 17.0 Å². The molecule has 1 saturated heterocycles. The summed E-state index contributed by atoms with van der Waals surface area (Å²) in [5, 5.41) is 3.23. The van der Waals surface area contributed by atoms with Crippen LogP contribution in [-0.2, 0) is 20.9 Å². The van der Waals surface area contributed by atoms with Crippen LogP contribution in [0.15, 0.2) is 48.5 Å². The lowest BCUT2D eigenvalue weighted by Gasteiger charge is -2.38. The van der Waals surface area contributed by atoms with E-state index in [9.17, 15) is 18.8 Å². The van der Waals surface area contributed by atoms with Gasteiger partial charge in [-0.05, 0) is 75.3 Å². The van der Waals surface area contributed by atoms with Gasteiger partial charge in [-0.15, -0.1) is 0 Å². The topological polar surface area (TPSA) is 79.0 Å². The summed E-state index contributed by atoms with van der Waals surface area (Å²) in [6, 6.07) is 14.0. The molecule has 2 aliphatic rings. The first-order valence-corrected chi connectivity index (χ1v) is 13.5. The Morgan fingerprint density at radius 3 is 2.32 bits per heavy atom. The zero-order valence-electron chi connectivity index (χ0n) is 22.3. The Morgan fingerprint density at radius 2 is 1.68 bits per heavy atom. The van der Waals surface area contributed by atoms with Crippen LogP contribution < -0.4 is 5.32 Å². The predicted molar refractivity (Wildman–Crippen MR) is 143 cm³/mol. The van der Waals surface area contributed by atoms with Crippen molar-refractivity contribution in [3.63, 3.8) is 0 Å². The molecule has 2 aromatic carbocycles. The summed E-state index contributed by atoms with van der Waals surface area (Å²) < 4.78 is 18.4. The van der Waals surface area contributed by atoms with Crippen molar-refractivity contribution in [1.29, 1.82) is 0 Å². The highest BCUT2D eigenvalue weighted by Crippen LogP contribution is 2.27. The Bertz CT molecular complexity index is 1110. The molecular weight excluding hydrogens is 485 g/mol. The van der Waals surface area contributed by atoms with E-state index in [2.05, 4.69) is 11.4 Å². The molecule has 1 aliphatic carbocycles. The first-order valence-electron chi connectivity index (χ1n) is 13.5. The summed E-state index contributed by atoms with van der Waals surface area (Å²) >= 11 is 0. The van der Waals surface area contributed by atoms with Gasteiger partial charge in [-0.25, -0.2) is 4.39 Å². The third-order valence-electron chi connectivity index (χ3n) is 7.76. The lowest BCUT2D eigenvalue weighted by Crippen LogP contribution is -2.48. The van der Waals surface area contributed by atoms with Gasteiger partial charge in [-0.3, -0.25) is 14.4 Å². The average Bonchev–Trinajstić information content (AvgIpc) is 2.92. The number of piperidine rings is 1. The maximum atomic E-state index is 13.5. The van der Waals surface area contributed by atoms with E-state index >= 15 is 0 Å². The second-order valence-electron chi connectivity index (χ2n) is 10.5. The van der Waals surface area contributed by atoms with Crippen molar-refractivity contribution in [1.82, 2.24) is 15.1 Å². The number of rotatable bonds is 8. The summed E-state index contributed by atoms with van der Waals surface area (Å²) in [5.74, 6) is -0.525. The highest BCUT2D eigenvalue weighted by molar-refractivity contribution is 5.94. The number of hydrogen-bond acceptors (Lipinski definition) is 4. The van der Waals surface area contributed by atoms with Crippen molar-refractivity contribution in [3.8, 4) is 0 Å². The molecule has 4 rings (SSSR count). The number of nitrogens with one attached hydrogen (secondary N) is 1. The number of amides is 3. The first kappa shape index (κ1) is 27.8. The summed E-state index contributed by atoms with van der Waals surface area (Å²) in [6.07, 6.45) is 4.48. The van der Waals surface area contributed by atoms with Crippen molar-refractivity contribution in [2.45, 2.75) is 64.1 Å². The minimum absolute atomic E-state index is 0.0323. The van der Waals surface area contributed by atoms with Gasteiger partial charge >= 0.3 is 0 Å². The second-order valence-corrected chi connectivity index (χ2v) is 10.5. The lowest BCUT2D eigenvalue weighted by molar-refractivity contribution is -0.138. The molecule has 0 radical (unpaired) electrons. The number of carbonyl (C=O) groups is 3. The van der Waals surface area contributed by atoms with Crippen molar-refractivity contribution in [3.05, 3.63) is 71.0 Å². The van der Waals surface area contributed by atoms with Crippen molar-refractivity contribution >= 4 is 17.7 Å². The number of methoxy groups -OCH3 is 1. The van der Waals surface area contributed by atoms with Gasteiger partial charge in [0.25, 0.3) is 5.91 Å². The van der Waals surface area contributed by atoms with Crippen molar-refractivity contribution in [2.24, 2.45) is 5.92 Å². The van der Waals surface area contributed by atoms with Gasteiger partial charge in [-0.1, -0.05) is 29.8 Å². The van der Waals surface area contributed by atoms with Gasteiger partial charge < -0.3 is 19.9 Å². The highest BCUT2D eigenvalue weighted by atomic mass is 19.1. The molecule has 2 fully saturated rings. The van der Waals surface area contributed by atoms with Gasteiger partial charge in [0.15, 0.2) is 0 Å². The molecule has 7 nitrogen and oxygen atoms in total. The van der Waals surface area contributed by atoms with Crippen LogP contribution in [0.3, 0.4) is 0 Å². The smallest absolute Gasteiger partial charge is 0.254 e. The normalized spacial score (nSPS) is 20.1. The first-order chi connectivity index (χ1) is 18.3. The van der Waals surface area contributed by atoms with Gasteiger partial charge in [-0.2, -0.15) is 0 Å². The molecule has 0 bridgehead atoms. The fraction of sp³-hybridized carbons (Fsp3) is 0.500. The van der Waals surface area contributed by atoms with Gasteiger partial charge in [0.2, 0.25) is 11.8 Å². The molecule has 0 unspecified atom stereocenters. The molecule has 1 aliphatic heterocycles. The molecule has 8 heteroatoms. The summed E-state index contributed by atoms with van der Waals surface area (Å²) in [6.45, 7) is 3.74. The number of carbonyl (C=O) groups excluding carboxylic acids is 3. The minimum Gasteiger partial charge on any atom is -0.375 e. The molecule has 1 saturated carbocycles. The maximum Gasteiger partial charge on any atom is 0.254 e. The quantitative estimate of drug-likeness (QED) is 0.565. The molecule has 3 amide bonds. The van der Waals surface area contributed by atoms with E-state index in [-0.39, 0.29) is 48.1 Å². The fourth-order valence-electron chi connectivity index (χ4n) is 5.59. The Kier molecular flexibility index (Phi) is 9.50. The molecule has 204 valence electrons. The maximum absolute atomic E-state index is 13.5. The van der Waals surface area contributed by atoms with Gasteiger partial charge in [0.05, 0.1) is 0 Å². The van der Waals surface area contributed by atoms with E-state index in [0.29, 0.717) is 38.0 Å². The number of hydrogen-bond donors (Lipinski definition) is 1. The van der Waals surface area contributed by atoms with E-state index in [1.807, 2.05) is 30.0 Å². The summed E-state index contributed by atoms with van der Waals surface area (Å²) in [5.41, 5.74) is 2.67. The number of benzene rings is 2. The largest absolute Gasteiger partial charge is 0.375 e. The lowest BCUT2D eigenvalue weighted by atomic mass is 9.88. The van der Waals surface area contributed by atoms with Crippen LogP contribution >= 0.6 is 0 Å². The highest BCUT2D eigenvalue weighted by Gasteiger charge is 2.32. The van der Waals surface area contributed by atoms with Crippen LogP contribution in [-0.4, -0.2) is 66.4 Å². The third-order valence-corrected chi connectivity index (χ3v) is 7.76. The molecule has 0 aromatic heterocycles. The SMILES string of the molecule is COCC(=O)N1CCC(C(=O)NC2CCC(N(Cc3cccc(C)c3)C(=O)c3ccc(F)cc3)CC2)CC1. The average molecular weight is 524 g/mol. The number of nitrogens with zero attached hydrogens (tertiary/aromatic N) is 2. The monoisotopic (exact) mass is 523 g/mol. The number of likely N-dealkylation sites (tertiary alicyclic amines) is 1. The Morgan fingerprint density at radius 1 is 1.00 bits per heavy atom. The molecule has 1 heterocycles. The summed E-state index contributed by atoms with van der Waals surface area (Å²) in [7, 11) is 1.51. The second kappa shape index (κ2) is 13.0. The van der Waals surface area contributed by atoms with Gasteiger partial charge in [0, 0.05) is 50.3 Å². The molecule has 2 aromatic rings. The van der Waals surface area contributed by atoms with Crippen LogP contribution in [0.2, 0.25) is 0 Å².